The number of carbonyl (C=O) groups is 1. The Bertz CT molecular complexity index is 587. The van der Waals surface area contributed by atoms with Crippen LogP contribution < -0.4 is 5.73 Å². The van der Waals surface area contributed by atoms with Crippen molar-refractivity contribution in [2.24, 2.45) is 0 Å². The molecule has 86 valence electrons. The number of carboxylic acids is 1. The van der Waals surface area contributed by atoms with Crippen LogP contribution in [0.25, 0.3) is 11.4 Å². The van der Waals surface area contributed by atoms with Crippen LogP contribution in [0.15, 0.2) is 30.3 Å². The van der Waals surface area contributed by atoms with E-state index < -0.39 is 5.97 Å². The van der Waals surface area contributed by atoms with Gasteiger partial charge >= 0.3 is 5.97 Å². The molecular formula is C11H8ClN3O2. The average molecular weight is 250 g/mol. The molecule has 1 aromatic carbocycles. The molecule has 3 N–H and O–H groups in total. The van der Waals surface area contributed by atoms with Crippen LogP contribution in [-0.2, 0) is 0 Å². The largest absolute Gasteiger partial charge is 0.477 e. The van der Waals surface area contributed by atoms with E-state index in [4.69, 9.17) is 22.4 Å². The Kier molecular flexibility index (Phi) is 2.93. The first-order valence-corrected chi connectivity index (χ1v) is 5.08. The van der Waals surface area contributed by atoms with Gasteiger partial charge in [0.15, 0.2) is 11.5 Å². The number of aromatic carboxylic acids is 1. The van der Waals surface area contributed by atoms with Gasteiger partial charge < -0.3 is 10.8 Å². The van der Waals surface area contributed by atoms with E-state index in [-0.39, 0.29) is 17.3 Å². The average Bonchev–Trinajstić information content (AvgIpc) is 2.28. The summed E-state index contributed by atoms with van der Waals surface area (Å²) in [4.78, 5) is 18.7. The monoisotopic (exact) mass is 249 g/mol. The zero-order valence-corrected chi connectivity index (χ0v) is 9.35. The number of hydrogen-bond acceptors (Lipinski definition) is 4. The summed E-state index contributed by atoms with van der Waals surface area (Å²) >= 11 is 5.83. The first-order valence-electron chi connectivity index (χ1n) is 4.70. The minimum atomic E-state index is -1.15. The molecule has 17 heavy (non-hydrogen) atoms. The summed E-state index contributed by atoms with van der Waals surface area (Å²) in [5.41, 5.74) is 6.00. The molecule has 0 aliphatic carbocycles. The van der Waals surface area contributed by atoms with Gasteiger partial charge in [0.2, 0.25) is 0 Å². The highest BCUT2D eigenvalue weighted by Crippen LogP contribution is 2.20. The zero-order valence-electron chi connectivity index (χ0n) is 8.59. The molecule has 0 spiro atoms. The molecule has 0 fully saturated rings. The molecule has 0 atom stereocenters. The maximum Gasteiger partial charge on any atom is 0.354 e. The van der Waals surface area contributed by atoms with Crippen molar-refractivity contribution in [2.75, 3.05) is 5.73 Å². The summed E-state index contributed by atoms with van der Waals surface area (Å²) in [5.74, 6) is -0.806. The van der Waals surface area contributed by atoms with E-state index >= 15 is 0 Å². The molecule has 0 bridgehead atoms. The number of hydrogen-bond donors (Lipinski definition) is 2. The molecule has 5 nitrogen and oxygen atoms in total. The van der Waals surface area contributed by atoms with E-state index in [9.17, 15) is 4.79 Å². The SMILES string of the molecule is Nc1cc(C(=O)O)nc(-c2cccc(Cl)c2)n1. The van der Waals surface area contributed by atoms with Gasteiger partial charge in [-0.3, -0.25) is 0 Å². The molecule has 0 saturated heterocycles. The summed E-state index contributed by atoms with van der Waals surface area (Å²) in [6, 6.07) is 8.00. The van der Waals surface area contributed by atoms with E-state index in [0.29, 0.717) is 10.6 Å². The number of benzene rings is 1. The molecule has 0 aliphatic heterocycles. The third kappa shape index (κ3) is 2.51. The van der Waals surface area contributed by atoms with Crippen molar-refractivity contribution < 1.29 is 9.90 Å². The maximum absolute atomic E-state index is 10.8. The second-order valence-electron chi connectivity index (χ2n) is 3.32. The van der Waals surface area contributed by atoms with Gasteiger partial charge in [0.05, 0.1) is 0 Å². The number of nitrogens with zero attached hydrogens (tertiary/aromatic N) is 2. The van der Waals surface area contributed by atoms with Gasteiger partial charge in [-0.05, 0) is 12.1 Å². The standard InChI is InChI=1S/C11H8ClN3O2/c12-7-3-1-2-6(4-7)10-14-8(11(16)17)5-9(13)15-10/h1-5H,(H,16,17)(H2,13,14,15). The lowest BCUT2D eigenvalue weighted by Gasteiger charge is -2.03. The van der Waals surface area contributed by atoms with Gasteiger partial charge in [-0.15, -0.1) is 0 Å². The molecule has 0 radical (unpaired) electrons. The molecule has 2 rings (SSSR count). The van der Waals surface area contributed by atoms with Crippen LogP contribution >= 0.6 is 11.6 Å². The summed E-state index contributed by atoms with van der Waals surface area (Å²) in [7, 11) is 0. The minimum Gasteiger partial charge on any atom is -0.477 e. The molecule has 0 saturated carbocycles. The molecular weight excluding hydrogens is 242 g/mol. The smallest absolute Gasteiger partial charge is 0.354 e. The Morgan fingerprint density at radius 1 is 1.29 bits per heavy atom. The van der Waals surface area contributed by atoms with E-state index in [0.717, 1.165) is 0 Å². The second-order valence-corrected chi connectivity index (χ2v) is 3.75. The molecule has 2 aromatic rings. The fourth-order valence-electron chi connectivity index (χ4n) is 1.33. The summed E-state index contributed by atoms with van der Waals surface area (Å²) < 4.78 is 0. The molecule has 1 heterocycles. The number of nitrogen functional groups attached to an aromatic ring is 1. The number of halogens is 1. The minimum absolute atomic E-state index is 0.104. The van der Waals surface area contributed by atoms with Crippen LogP contribution in [0.3, 0.4) is 0 Å². The van der Waals surface area contributed by atoms with Gasteiger partial charge in [0.25, 0.3) is 0 Å². The lowest BCUT2D eigenvalue weighted by Crippen LogP contribution is -2.05. The second kappa shape index (κ2) is 4.39. The van der Waals surface area contributed by atoms with Crippen LogP contribution in [0.1, 0.15) is 10.5 Å². The Morgan fingerprint density at radius 2 is 2.06 bits per heavy atom. The third-order valence-electron chi connectivity index (χ3n) is 2.05. The van der Waals surface area contributed by atoms with Crippen molar-refractivity contribution in [3.05, 3.63) is 41.0 Å². The predicted octanol–water partition coefficient (Wildman–Crippen LogP) is 2.08. The van der Waals surface area contributed by atoms with Gasteiger partial charge in [0.1, 0.15) is 5.82 Å². The lowest BCUT2D eigenvalue weighted by atomic mass is 10.2. The van der Waals surface area contributed by atoms with E-state index in [1.165, 1.54) is 6.07 Å². The normalized spacial score (nSPS) is 10.2. The molecule has 6 heteroatoms. The van der Waals surface area contributed by atoms with Gasteiger partial charge in [0, 0.05) is 16.7 Å². The Hall–Kier alpha value is -2.14. The van der Waals surface area contributed by atoms with E-state index in [1.54, 1.807) is 24.3 Å². The summed E-state index contributed by atoms with van der Waals surface area (Å²) in [6.07, 6.45) is 0. The summed E-state index contributed by atoms with van der Waals surface area (Å²) in [6.45, 7) is 0. The van der Waals surface area contributed by atoms with E-state index in [2.05, 4.69) is 9.97 Å². The van der Waals surface area contributed by atoms with Crippen molar-refractivity contribution in [1.82, 2.24) is 9.97 Å². The van der Waals surface area contributed by atoms with Crippen molar-refractivity contribution in [1.29, 1.82) is 0 Å². The Balaban J connectivity index is 2.56. The van der Waals surface area contributed by atoms with E-state index in [1.807, 2.05) is 0 Å². The molecule has 0 amide bonds. The molecule has 1 aromatic heterocycles. The first-order chi connectivity index (χ1) is 8.06. The van der Waals surface area contributed by atoms with Crippen molar-refractivity contribution in [3.63, 3.8) is 0 Å². The Labute approximate surface area is 102 Å². The maximum atomic E-state index is 10.8. The quantitative estimate of drug-likeness (QED) is 0.851. The van der Waals surface area contributed by atoms with Crippen LogP contribution in [-0.4, -0.2) is 21.0 Å². The highest BCUT2D eigenvalue weighted by Gasteiger charge is 2.10. The highest BCUT2D eigenvalue weighted by molar-refractivity contribution is 6.30. The number of carboxylic acid groups (broad SMARTS) is 1. The van der Waals surface area contributed by atoms with Crippen LogP contribution in [0.4, 0.5) is 5.82 Å². The number of anilines is 1. The fourth-order valence-corrected chi connectivity index (χ4v) is 1.52. The van der Waals surface area contributed by atoms with Crippen molar-refractivity contribution in [3.8, 4) is 11.4 Å². The zero-order chi connectivity index (χ0) is 12.4. The molecule has 0 unspecified atom stereocenters. The van der Waals surface area contributed by atoms with Gasteiger partial charge in [-0.2, -0.15) is 0 Å². The lowest BCUT2D eigenvalue weighted by molar-refractivity contribution is 0.0690. The van der Waals surface area contributed by atoms with Crippen LogP contribution in [0, 0.1) is 0 Å². The number of nitrogens with two attached hydrogens (primary N) is 1. The van der Waals surface area contributed by atoms with Gasteiger partial charge in [-0.25, -0.2) is 14.8 Å². The first kappa shape index (κ1) is 11.3. The van der Waals surface area contributed by atoms with Gasteiger partial charge in [-0.1, -0.05) is 23.7 Å². The van der Waals surface area contributed by atoms with Crippen LogP contribution in [0.5, 0.6) is 0 Å². The Morgan fingerprint density at radius 3 is 2.71 bits per heavy atom. The number of aromatic nitrogens is 2. The highest BCUT2D eigenvalue weighted by atomic mass is 35.5. The fraction of sp³-hybridized carbons (Fsp3) is 0. The third-order valence-corrected chi connectivity index (χ3v) is 2.28. The van der Waals surface area contributed by atoms with Crippen molar-refractivity contribution >= 4 is 23.4 Å². The number of rotatable bonds is 2. The summed E-state index contributed by atoms with van der Waals surface area (Å²) in [5, 5.41) is 9.38. The van der Waals surface area contributed by atoms with Crippen molar-refractivity contribution in [2.45, 2.75) is 0 Å². The van der Waals surface area contributed by atoms with Crippen LogP contribution in [0.2, 0.25) is 5.02 Å². The molecule has 0 aliphatic rings. The topological polar surface area (TPSA) is 89.1 Å². The predicted molar refractivity (Wildman–Crippen MR) is 63.8 cm³/mol.